The minimum Gasteiger partial charge on any atom is -0.507 e. The third-order valence-corrected chi connectivity index (χ3v) is 7.56. The lowest BCUT2D eigenvalue weighted by Gasteiger charge is -2.36. The number of rotatable bonds is 2. The number of phenolic OH excluding ortho intramolecular Hbond substituents is 2. The first kappa shape index (κ1) is 27.0. The fourth-order valence-corrected chi connectivity index (χ4v) is 6.18. The Kier molecular flexibility index (Phi) is 7.62. The Bertz CT molecular complexity index is 1660. The van der Waals surface area contributed by atoms with Crippen LogP contribution in [0.5, 0.6) is 11.5 Å². The molecule has 0 unspecified atom stereocenters. The van der Waals surface area contributed by atoms with Crippen LogP contribution in [0, 0.1) is 0 Å². The molecule has 0 saturated carbocycles. The van der Waals surface area contributed by atoms with Gasteiger partial charge in [0.2, 0.25) is 0 Å². The van der Waals surface area contributed by atoms with Crippen LogP contribution >= 0.6 is 0 Å². The molecule has 0 aromatic heterocycles. The first-order chi connectivity index (χ1) is 19.6. The number of hydrogen-bond acceptors (Lipinski definition) is 2. The van der Waals surface area contributed by atoms with Crippen LogP contribution in [-0.4, -0.2) is 10.2 Å². The van der Waals surface area contributed by atoms with Gasteiger partial charge in [-0.05, 0) is 56.3 Å². The standard InChI is InChI=1S/C33H22O2.C3H8.C2H6/c34-31-19-17-29(23-11-1-3-13-25(23)31)33(30-18-20-32(35)26-14-4-2-12-24(26)30)27-15-7-5-9-21(27)22-10-6-8-16-28(22)33;1-3-2;1-2/h1-20,34-35H;3H2,1-2H3;1-2H3. The number of fused-ring (bicyclic) bond motifs is 5. The van der Waals surface area contributed by atoms with E-state index in [1.54, 1.807) is 0 Å². The molecule has 6 aromatic rings. The highest BCUT2D eigenvalue weighted by Gasteiger charge is 2.47. The van der Waals surface area contributed by atoms with Crippen LogP contribution in [0.3, 0.4) is 0 Å². The van der Waals surface area contributed by atoms with Gasteiger partial charge in [-0.15, -0.1) is 0 Å². The Labute approximate surface area is 237 Å². The maximum Gasteiger partial charge on any atom is 0.123 e. The molecule has 7 rings (SSSR count). The van der Waals surface area contributed by atoms with Gasteiger partial charge in [0.15, 0.2) is 0 Å². The summed E-state index contributed by atoms with van der Waals surface area (Å²) in [6.07, 6.45) is 1.25. The topological polar surface area (TPSA) is 40.5 Å². The van der Waals surface area contributed by atoms with Crippen molar-refractivity contribution in [3.05, 3.63) is 144 Å². The van der Waals surface area contributed by atoms with Crippen LogP contribution in [0.1, 0.15) is 56.4 Å². The van der Waals surface area contributed by atoms with Crippen LogP contribution in [0.25, 0.3) is 32.7 Å². The van der Waals surface area contributed by atoms with Gasteiger partial charge in [-0.3, -0.25) is 0 Å². The Balaban J connectivity index is 0.000000607. The van der Waals surface area contributed by atoms with Crippen molar-refractivity contribution in [2.45, 2.75) is 39.5 Å². The summed E-state index contributed by atoms with van der Waals surface area (Å²) in [5, 5.41) is 25.2. The number of hydrogen-bond donors (Lipinski definition) is 2. The minimum absolute atomic E-state index is 0.273. The first-order valence-electron chi connectivity index (χ1n) is 14.2. The summed E-state index contributed by atoms with van der Waals surface area (Å²) >= 11 is 0. The lowest BCUT2D eigenvalue weighted by atomic mass is 9.65. The summed E-state index contributed by atoms with van der Waals surface area (Å²) in [5.41, 5.74) is 6.40. The largest absolute Gasteiger partial charge is 0.507 e. The van der Waals surface area contributed by atoms with Gasteiger partial charge >= 0.3 is 0 Å². The summed E-state index contributed by atoms with van der Waals surface area (Å²) in [5.74, 6) is 0.546. The van der Waals surface area contributed by atoms with E-state index in [2.05, 4.69) is 86.6 Å². The highest BCUT2D eigenvalue weighted by molar-refractivity contribution is 6.00. The maximum atomic E-state index is 10.8. The van der Waals surface area contributed by atoms with Gasteiger partial charge in [0.25, 0.3) is 0 Å². The van der Waals surface area contributed by atoms with E-state index in [-0.39, 0.29) is 11.5 Å². The monoisotopic (exact) mass is 524 g/mol. The molecule has 2 nitrogen and oxygen atoms in total. The van der Waals surface area contributed by atoms with Gasteiger partial charge in [-0.1, -0.05) is 143 Å². The van der Waals surface area contributed by atoms with E-state index < -0.39 is 5.41 Å². The average molecular weight is 525 g/mol. The van der Waals surface area contributed by atoms with Gasteiger partial charge in [0.05, 0.1) is 5.41 Å². The van der Waals surface area contributed by atoms with Crippen LogP contribution in [0.2, 0.25) is 0 Å². The molecule has 200 valence electrons. The van der Waals surface area contributed by atoms with Crippen molar-refractivity contribution in [1.29, 1.82) is 0 Å². The van der Waals surface area contributed by atoms with Gasteiger partial charge < -0.3 is 10.2 Å². The normalized spacial score (nSPS) is 12.5. The average Bonchev–Trinajstić information content (AvgIpc) is 3.30. The molecule has 0 heterocycles. The molecule has 1 aliphatic rings. The molecular formula is C38H36O2. The molecule has 0 radical (unpaired) electrons. The molecule has 1 aliphatic carbocycles. The zero-order chi connectivity index (χ0) is 28.3. The van der Waals surface area contributed by atoms with Crippen molar-refractivity contribution in [1.82, 2.24) is 0 Å². The second-order valence-electron chi connectivity index (χ2n) is 9.90. The number of aromatic hydroxyl groups is 2. The third kappa shape index (κ3) is 4.03. The van der Waals surface area contributed by atoms with E-state index in [0.717, 1.165) is 32.7 Å². The van der Waals surface area contributed by atoms with Gasteiger partial charge in [-0.2, -0.15) is 0 Å². The Hall–Kier alpha value is -4.56. The molecule has 0 amide bonds. The molecule has 2 N–H and O–H groups in total. The second-order valence-corrected chi connectivity index (χ2v) is 9.90. The summed E-state index contributed by atoms with van der Waals surface area (Å²) in [4.78, 5) is 0. The van der Waals surface area contributed by atoms with E-state index in [0.29, 0.717) is 0 Å². The fraction of sp³-hybridized carbons (Fsp3) is 0.158. The molecule has 0 spiro atoms. The fourth-order valence-electron chi connectivity index (χ4n) is 6.18. The lowest BCUT2D eigenvalue weighted by molar-refractivity contribution is 0.481. The van der Waals surface area contributed by atoms with Crippen molar-refractivity contribution in [3.8, 4) is 22.6 Å². The highest BCUT2D eigenvalue weighted by Crippen LogP contribution is 2.58. The SMILES string of the molecule is CC.CCC.Oc1ccc(C2(c3ccc(O)c4ccccc34)c3ccccc3-c3ccccc32)c2ccccc12. The van der Waals surface area contributed by atoms with Gasteiger partial charge in [-0.25, -0.2) is 0 Å². The smallest absolute Gasteiger partial charge is 0.123 e. The highest BCUT2D eigenvalue weighted by atomic mass is 16.3. The first-order valence-corrected chi connectivity index (χ1v) is 14.2. The van der Waals surface area contributed by atoms with E-state index in [1.165, 1.54) is 28.7 Å². The maximum absolute atomic E-state index is 10.8. The summed E-state index contributed by atoms with van der Waals surface area (Å²) in [7, 11) is 0. The zero-order valence-corrected chi connectivity index (χ0v) is 23.6. The molecule has 2 heteroatoms. The summed E-state index contributed by atoms with van der Waals surface area (Å²) in [6.45, 7) is 8.25. The molecule has 0 atom stereocenters. The van der Waals surface area contributed by atoms with Crippen molar-refractivity contribution in [2.24, 2.45) is 0 Å². The van der Waals surface area contributed by atoms with Gasteiger partial charge in [0, 0.05) is 10.8 Å². The second kappa shape index (κ2) is 11.3. The summed E-state index contributed by atoms with van der Waals surface area (Å²) in [6, 6.07) is 41.1. The van der Waals surface area contributed by atoms with E-state index in [4.69, 9.17) is 0 Å². The molecule has 0 saturated heterocycles. The van der Waals surface area contributed by atoms with Crippen molar-refractivity contribution < 1.29 is 10.2 Å². The molecule has 40 heavy (non-hydrogen) atoms. The van der Waals surface area contributed by atoms with Crippen molar-refractivity contribution in [3.63, 3.8) is 0 Å². The molecule has 0 fully saturated rings. The number of benzene rings is 6. The van der Waals surface area contributed by atoms with E-state index in [1.807, 2.05) is 62.4 Å². The van der Waals surface area contributed by atoms with Crippen molar-refractivity contribution >= 4 is 21.5 Å². The van der Waals surface area contributed by atoms with Crippen LogP contribution < -0.4 is 0 Å². The van der Waals surface area contributed by atoms with Crippen LogP contribution in [-0.2, 0) is 5.41 Å². The summed E-state index contributed by atoms with van der Waals surface area (Å²) < 4.78 is 0. The zero-order valence-electron chi connectivity index (χ0n) is 23.6. The van der Waals surface area contributed by atoms with Crippen LogP contribution in [0.4, 0.5) is 0 Å². The van der Waals surface area contributed by atoms with E-state index >= 15 is 0 Å². The minimum atomic E-state index is -0.631. The molecular weight excluding hydrogens is 488 g/mol. The number of phenols is 2. The molecule has 0 aliphatic heterocycles. The van der Waals surface area contributed by atoms with Gasteiger partial charge in [0.1, 0.15) is 11.5 Å². The van der Waals surface area contributed by atoms with Crippen molar-refractivity contribution in [2.75, 3.05) is 0 Å². The lowest BCUT2D eigenvalue weighted by Crippen LogP contribution is -2.29. The molecule has 0 bridgehead atoms. The van der Waals surface area contributed by atoms with Crippen LogP contribution in [0.15, 0.2) is 121 Å². The predicted octanol–water partition coefficient (Wildman–Crippen LogP) is 10.2. The Morgan fingerprint density at radius 3 is 1.15 bits per heavy atom. The third-order valence-electron chi connectivity index (χ3n) is 7.56. The Morgan fingerprint density at radius 1 is 0.425 bits per heavy atom. The van der Waals surface area contributed by atoms with E-state index in [9.17, 15) is 10.2 Å². The Morgan fingerprint density at radius 2 is 0.750 bits per heavy atom. The predicted molar refractivity (Wildman–Crippen MR) is 169 cm³/mol. The molecule has 6 aromatic carbocycles. The quantitative estimate of drug-likeness (QED) is 0.236.